The largest absolute Gasteiger partial charge is 0.465 e. The molecule has 220 valence electrons. The van der Waals surface area contributed by atoms with Crippen molar-refractivity contribution in [2.24, 2.45) is 11.8 Å². The minimum atomic E-state index is -1.40. The molecule has 4 aliphatic rings. The van der Waals surface area contributed by atoms with Gasteiger partial charge < -0.3 is 24.4 Å². The molecule has 8 nitrogen and oxygen atoms in total. The molecule has 4 aliphatic heterocycles. The van der Waals surface area contributed by atoms with Crippen LogP contribution in [0.4, 0.5) is 5.69 Å². The fourth-order valence-corrected chi connectivity index (χ4v) is 7.30. The number of anilines is 1. The molecule has 0 bridgehead atoms. The van der Waals surface area contributed by atoms with E-state index in [0.717, 1.165) is 22.8 Å². The number of allylic oxidation sites excluding steroid dienone is 1. The third-order valence-electron chi connectivity index (χ3n) is 9.25. The number of rotatable bonds is 5. The molecular weight excluding hydrogens is 544 g/mol. The molecule has 0 aromatic heterocycles. The summed E-state index contributed by atoms with van der Waals surface area (Å²) >= 11 is 0. The third-order valence-corrected chi connectivity index (χ3v) is 9.25. The Labute approximate surface area is 250 Å². The van der Waals surface area contributed by atoms with Crippen LogP contribution in [-0.2, 0) is 30.3 Å². The van der Waals surface area contributed by atoms with Gasteiger partial charge >= 0.3 is 5.97 Å². The van der Waals surface area contributed by atoms with Crippen LogP contribution < -0.4 is 4.90 Å². The zero-order chi connectivity index (χ0) is 29.6. The Morgan fingerprint density at radius 3 is 2.53 bits per heavy atom. The van der Waals surface area contributed by atoms with Crippen molar-refractivity contribution in [2.75, 3.05) is 24.7 Å². The first-order valence-electron chi connectivity index (χ1n) is 15.0. The number of aliphatic hydroxyl groups excluding tert-OH is 1. The summed E-state index contributed by atoms with van der Waals surface area (Å²) in [4.78, 5) is 46.1. The number of carbonyl (C=O) groups excluding carboxylic acids is 3. The maximum atomic E-state index is 14.8. The van der Waals surface area contributed by atoms with E-state index < -0.39 is 41.6 Å². The van der Waals surface area contributed by atoms with Gasteiger partial charge in [0.15, 0.2) is 0 Å². The van der Waals surface area contributed by atoms with E-state index in [-0.39, 0.29) is 31.6 Å². The predicted molar refractivity (Wildman–Crippen MR) is 161 cm³/mol. The molecule has 8 heteroatoms. The number of esters is 1. The van der Waals surface area contributed by atoms with Crippen LogP contribution in [0.25, 0.3) is 10.8 Å². The van der Waals surface area contributed by atoms with Crippen molar-refractivity contribution in [3.05, 3.63) is 103 Å². The van der Waals surface area contributed by atoms with E-state index in [2.05, 4.69) is 0 Å². The molecule has 7 rings (SSSR count). The van der Waals surface area contributed by atoms with Crippen molar-refractivity contribution in [3.8, 4) is 0 Å². The third kappa shape index (κ3) is 4.56. The summed E-state index contributed by atoms with van der Waals surface area (Å²) in [5, 5.41) is 12.7. The van der Waals surface area contributed by atoms with Gasteiger partial charge in [-0.3, -0.25) is 14.4 Å². The van der Waals surface area contributed by atoms with Gasteiger partial charge in [-0.2, -0.15) is 0 Å². The number of ether oxygens (including phenoxy) is 2. The number of cyclic esters (lactones) is 1. The summed E-state index contributed by atoms with van der Waals surface area (Å²) in [7, 11) is 0. The highest BCUT2D eigenvalue weighted by atomic mass is 16.6. The lowest BCUT2D eigenvalue weighted by Gasteiger charge is -2.38. The zero-order valence-electron chi connectivity index (χ0n) is 23.7. The topological polar surface area (TPSA) is 96.4 Å². The fraction of sp³-hybridized carbons (Fsp3) is 0.343. The number of likely N-dealkylation sites (tertiary alicyclic amines) is 1. The van der Waals surface area contributed by atoms with Crippen LogP contribution in [-0.4, -0.2) is 71.3 Å². The lowest BCUT2D eigenvalue weighted by atomic mass is 9.78. The molecule has 2 fully saturated rings. The van der Waals surface area contributed by atoms with E-state index in [1.54, 1.807) is 4.90 Å². The molecule has 1 unspecified atom stereocenters. The number of fused-ring (bicyclic) bond motifs is 3. The second-order valence-corrected chi connectivity index (χ2v) is 11.7. The monoisotopic (exact) mass is 578 g/mol. The average Bonchev–Trinajstić information content (AvgIpc) is 3.45. The first kappa shape index (κ1) is 27.6. The van der Waals surface area contributed by atoms with Crippen LogP contribution in [0.1, 0.15) is 18.4 Å². The second kappa shape index (κ2) is 11.1. The Kier molecular flexibility index (Phi) is 7.11. The molecule has 43 heavy (non-hydrogen) atoms. The molecule has 1 N–H and O–H groups in total. The van der Waals surface area contributed by atoms with Crippen LogP contribution >= 0.6 is 0 Å². The van der Waals surface area contributed by atoms with Crippen LogP contribution in [0.5, 0.6) is 0 Å². The molecule has 1 spiro atoms. The summed E-state index contributed by atoms with van der Waals surface area (Å²) in [6.45, 7) is 0.169. The molecule has 3 aromatic rings. The number of amides is 2. The molecule has 0 saturated carbocycles. The highest BCUT2D eigenvalue weighted by molar-refractivity contribution is 6.06. The summed E-state index contributed by atoms with van der Waals surface area (Å²) in [5.41, 5.74) is 0.221. The van der Waals surface area contributed by atoms with E-state index in [4.69, 9.17) is 9.47 Å². The van der Waals surface area contributed by atoms with Gasteiger partial charge in [0, 0.05) is 12.2 Å². The highest BCUT2D eigenvalue weighted by Crippen LogP contribution is 2.54. The number of aliphatic hydroxyl groups is 1. The molecule has 2 amide bonds. The predicted octanol–water partition coefficient (Wildman–Crippen LogP) is 3.82. The summed E-state index contributed by atoms with van der Waals surface area (Å²) < 4.78 is 12.3. The molecule has 2 saturated heterocycles. The van der Waals surface area contributed by atoms with Gasteiger partial charge in [-0.25, -0.2) is 0 Å². The summed E-state index contributed by atoms with van der Waals surface area (Å²) in [5.74, 6) is -3.07. The van der Waals surface area contributed by atoms with Crippen LogP contribution in [0.2, 0.25) is 0 Å². The number of carbonyl (C=O) groups is 3. The quantitative estimate of drug-likeness (QED) is 0.365. The van der Waals surface area contributed by atoms with Crippen molar-refractivity contribution >= 4 is 34.2 Å². The van der Waals surface area contributed by atoms with Crippen molar-refractivity contribution in [2.45, 2.75) is 43.1 Å². The molecule has 3 aromatic carbocycles. The van der Waals surface area contributed by atoms with E-state index >= 15 is 0 Å². The van der Waals surface area contributed by atoms with Crippen molar-refractivity contribution in [3.63, 3.8) is 0 Å². The van der Waals surface area contributed by atoms with E-state index in [1.807, 2.05) is 97.1 Å². The van der Waals surface area contributed by atoms with Crippen LogP contribution in [0.3, 0.4) is 0 Å². The number of nitrogens with zero attached hydrogens (tertiary/aromatic N) is 2. The maximum Gasteiger partial charge on any atom is 0.312 e. The van der Waals surface area contributed by atoms with E-state index in [9.17, 15) is 19.5 Å². The van der Waals surface area contributed by atoms with E-state index in [0.29, 0.717) is 18.5 Å². The highest BCUT2D eigenvalue weighted by Gasteiger charge is 2.72. The first-order valence-corrected chi connectivity index (χ1v) is 15.0. The number of benzene rings is 3. The first-order chi connectivity index (χ1) is 21.0. The van der Waals surface area contributed by atoms with Crippen molar-refractivity contribution < 1.29 is 29.0 Å². The van der Waals surface area contributed by atoms with Gasteiger partial charge in [0.1, 0.15) is 17.6 Å². The van der Waals surface area contributed by atoms with Gasteiger partial charge in [0.2, 0.25) is 5.91 Å². The second-order valence-electron chi connectivity index (χ2n) is 11.7. The van der Waals surface area contributed by atoms with Crippen LogP contribution in [0.15, 0.2) is 97.1 Å². The average molecular weight is 579 g/mol. The normalized spacial score (nSPS) is 30.0. The Morgan fingerprint density at radius 1 is 0.930 bits per heavy atom. The fourth-order valence-electron chi connectivity index (χ4n) is 7.30. The SMILES string of the molecule is O=C1OCCC/C=C\[C@@H]2O[C@]34C=CCN(c5ccc6ccccc6c5)C(=O)C3N([C@@H](CO)Cc3ccccc3)C(=O)[C@@H]4[C@H]12. The van der Waals surface area contributed by atoms with Gasteiger partial charge in [0.05, 0.1) is 31.3 Å². The molecule has 0 radical (unpaired) electrons. The van der Waals surface area contributed by atoms with Gasteiger partial charge in [0.25, 0.3) is 5.91 Å². The molecular formula is C35H34N2O6. The lowest BCUT2D eigenvalue weighted by molar-refractivity contribution is -0.155. The number of hydrogen-bond acceptors (Lipinski definition) is 6. The minimum absolute atomic E-state index is 0.255. The molecule has 0 aliphatic carbocycles. The van der Waals surface area contributed by atoms with Crippen molar-refractivity contribution in [1.29, 1.82) is 0 Å². The number of hydrogen-bond donors (Lipinski definition) is 1. The van der Waals surface area contributed by atoms with Gasteiger partial charge in [-0.1, -0.05) is 85.0 Å². The van der Waals surface area contributed by atoms with Gasteiger partial charge in [-0.15, -0.1) is 0 Å². The van der Waals surface area contributed by atoms with Crippen LogP contribution in [0, 0.1) is 11.8 Å². The maximum absolute atomic E-state index is 14.8. The lowest BCUT2D eigenvalue weighted by Crippen LogP contribution is -2.58. The molecule has 6 atom stereocenters. The summed E-state index contributed by atoms with van der Waals surface area (Å²) in [6, 6.07) is 21.6. The summed E-state index contributed by atoms with van der Waals surface area (Å²) in [6.07, 6.45) is 8.51. The Hall–Kier alpha value is -4.27. The Morgan fingerprint density at radius 2 is 1.72 bits per heavy atom. The minimum Gasteiger partial charge on any atom is -0.465 e. The molecule has 4 heterocycles. The zero-order valence-corrected chi connectivity index (χ0v) is 23.7. The van der Waals surface area contributed by atoms with Crippen molar-refractivity contribution in [1.82, 2.24) is 4.90 Å². The Balaban J connectivity index is 1.35. The Bertz CT molecular complexity index is 1620. The smallest absolute Gasteiger partial charge is 0.312 e. The van der Waals surface area contributed by atoms with Gasteiger partial charge in [-0.05, 0) is 47.7 Å². The standard InChI is InChI=1S/C35H34N2O6/c38-22-27(20-23-10-3-1-4-11-23)37-31-33(40)36(26-16-15-24-12-6-7-13-25(24)21-26)18-9-17-35(31)30(32(37)39)29-28(43-35)14-5-2-8-19-42-34(29)41/h1,3-7,9-17,21,27-31,38H,2,8,18-20,22H2/b14-5-/t27-,28+,29-,30+,31?,35+/m1/s1. The van der Waals surface area contributed by atoms with E-state index in [1.165, 1.54) is 4.90 Å².